The van der Waals surface area contributed by atoms with E-state index in [0.717, 1.165) is 6.42 Å². The molecule has 0 aliphatic carbocycles. The van der Waals surface area contributed by atoms with E-state index in [2.05, 4.69) is 9.32 Å². The van der Waals surface area contributed by atoms with Gasteiger partial charge in [0.15, 0.2) is 5.76 Å². The average molecular weight is 179 g/mol. The summed E-state index contributed by atoms with van der Waals surface area (Å²) in [4.78, 5) is 0. The Labute approximate surface area is 65.0 Å². The highest BCUT2D eigenvalue weighted by Crippen LogP contribution is 2.13. The van der Waals surface area contributed by atoms with E-state index in [-0.39, 0.29) is 5.76 Å². The maximum Gasteiger partial charge on any atom is 0.379 e. The smallest absolute Gasteiger partial charge is 0.379 e. The molecular formula is C5H9NO4S. The number of allylic oxidation sites excluding steroid dienone is 1. The van der Waals surface area contributed by atoms with E-state index in [4.69, 9.17) is 4.74 Å². The van der Waals surface area contributed by atoms with Crippen molar-refractivity contribution in [2.24, 2.45) is 5.14 Å². The minimum atomic E-state index is -3.87. The van der Waals surface area contributed by atoms with Crippen molar-refractivity contribution < 1.29 is 17.3 Å². The summed E-state index contributed by atoms with van der Waals surface area (Å²) in [6.45, 7) is 0.595. The van der Waals surface area contributed by atoms with Gasteiger partial charge in [-0.2, -0.15) is 13.6 Å². The average Bonchev–Trinajstić information content (AvgIpc) is 1.85. The summed E-state index contributed by atoms with van der Waals surface area (Å²) in [6, 6.07) is 0. The molecule has 1 aliphatic rings. The Kier molecular flexibility index (Phi) is 2.35. The first-order valence-electron chi connectivity index (χ1n) is 3.11. The van der Waals surface area contributed by atoms with Crippen LogP contribution >= 0.6 is 0 Å². The molecule has 0 saturated heterocycles. The van der Waals surface area contributed by atoms with Gasteiger partial charge in [0, 0.05) is 6.42 Å². The van der Waals surface area contributed by atoms with Gasteiger partial charge in [0.05, 0.1) is 6.61 Å². The molecule has 0 aromatic rings. The van der Waals surface area contributed by atoms with Crippen molar-refractivity contribution in [3.05, 3.63) is 12.0 Å². The fraction of sp³-hybridized carbons (Fsp3) is 0.600. The van der Waals surface area contributed by atoms with Crippen LogP contribution in [0.15, 0.2) is 12.0 Å². The van der Waals surface area contributed by atoms with E-state index >= 15 is 0 Å². The summed E-state index contributed by atoms with van der Waals surface area (Å²) in [7, 11) is -3.87. The molecule has 0 amide bonds. The maximum atomic E-state index is 10.4. The molecule has 0 fully saturated rings. The summed E-state index contributed by atoms with van der Waals surface area (Å²) >= 11 is 0. The molecular weight excluding hydrogens is 170 g/mol. The van der Waals surface area contributed by atoms with Crippen LogP contribution in [0.3, 0.4) is 0 Å². The van der Waals surface area contributed by atoms with Crippen molar-refractivity contribution >= 4 is 10.3 Å². The predicted octanol–water partition coefficient (Wildman–Crippen LogP) is -0.142. The number of rotatable bonds is 2. The van der Waals surface area contributed by atoms with Crippen LogP contribution in [0.5, 0.6) is 0 Å². The minimum absolute atomic E-state index is 0.263. The molecule has 1 rings (SSSR count). The molecule has 0 unspecified atom stereocenters. The second kappa shape index (κ2) is 3.10. The van der Waals surface area contributed by atoms with Crippen molar-refractivity contribution in [3.8, 4) is 0 Å². The zero-order chi connectivity index (χ0) is 8.32. The van der Waals surface area contributed by atoms with Crippen LogP contribution < -0.4 is 5.14 Å². The summed E-state index contributed by atoms with van der Waals surface area (Å²) in [5.41, 5.74) is 0. The van der Waals surface area contributed by atoms with Crippen molar-refractivity contribution in [1.82, 2.24) is 0 Å². The van der Waals surface area contributed by atoms with Gasteiger partial charge in [-0.1, -0.05) is 0 Å². The minimum Gasteiger partial charge on any atom is -0.498 e. The molecule has 0 atom stereocenters. The van der Waals surface area contributed by atoms with Gasteiger partial charge in [-0.3, -0.25) is 0 Å². The third-order valence-electron chi connectivity index (χ3n) is 1.12. The first kappa shape index (κ1) is 8.35. The lowest BCUT2D eigenvalue weighted by Crippen LogP contribution is -2.17. The molecule has 5 nitrogen and oxygen atoms in total. The second-order valence-corrected chi connectivity index (χ2v) is 3.29. The molecule has 0 aromatic heterocycles. The van der Waals surface area contributed by atoms with E-state index < -0.39 is 10.3 Å². The highest BCUT2D eigenvalue weighted by Gasteiger charge is 2.11. The fourth-order valence-corrected chi connectivity index (χ4v) is 1.17. The van der Waals surface area contributed by atoms with Gasteiger partial charge < -0.3 is 8.92 Å². The van der Waals surface area contributed by atoms with Gasteiger partial charge in [-0.15, -0.1) is 0 Å². The van der Waals surface area contributed by atoms with Crippen LogP contribution in [0.2, 0.25) is 0 Å². The van der Waals surface area contributed by atoms with Crippen LogP contribution in [0.1, 0.15) is 12.8 Å². The van der Waals surface area contributed by atoms with Gasteiger partial charge in [0.25, 0.3) is 0 Å². The lowest BCUT2D eigenvalue weighted by Gasteiger charge is -2.12. The number of hydrogen-bond acceptors (Lipinski definition) is 4. The zero-order valence-electron chi connectivity index (χ0n) is 5.82. The Hall–Kier alpha value is -0.750. The molecule has 0 radical (unpaired) electrons. The largest absolute Gasteiger partial charge is 0.498 e. The van der Waals surface area contributed by atoms with Crippen molar-refractivity contribution in [1.29, 1.82) is 0 Å². The SMILES string of the molecule is NS(=O)(=O)OC1=COCCC1. The van der Waals surface area contributed by atoms with E-state index in [1.807, 2.05) is 0 Å². The summed E-state index contributed by atoms with van der Waals surface area (Å²) in [5, 5.41) is 4.62. The molecule has 64 valence electrons. The van der Waals surface area contributed by atoms with Crippen LogP contribution in [0.4, 0.5) is 0 Å². The lowest BCUT2D eigenvalue weighted by molar-refractivity contribution is 0.197. The normalized spacial score (nSPS) is 18.5. The van der Waals surface area contributed by atoms with E-state index in [0.29, 0.717) is 13.0 Å². The third kappa shape index (κ3) is 3.24. The second-order valence-electron chi connectivity index (χ2n) is 2.13. The van der Waals surface area contributed by atoms with E-state index in [1.54, 1.807) is 0 Å². The molecule has 0 spiro atoms. The molecule has 1 heterocycles. The number of nitrogens with two attached hydrogens (primary N) is 1. The van der Waals surface area contributed by atoms with Crippen molar-refractivity contribution in [3.63, 3.8) is 0 Å². The van der Waals surface area contributed by atoms with Gasteiger partial charge in [0.1, 0.15) is 6.26 Å². The molecule has 6 heteroatoms. The lowest BCUT2D eigenvalue weighted by atomic mass is 10.3. The monoisotopic (exact) mass is 179 g/mol. The maximum absolute atomic E-state index is 10.4. The summed E-state index contributed by atoms with van der Waals surface area (Å²) in [6.07, 6.45) is 2.58. The van der Waals surface area contributed by atoms with Crippen molar-refractivity contribution in [2.45, 2.75) is 12.8 Å². The van der Waals surface area contributed by atoms with Gasteiger partial charge in [0.2, 0.25) is 0 Å². The van der Waals surface area contributed by atoms with Gasteiger partial charge in [-0.25, -0.2) is 0 Å². The van der Waals surface area contributed by atoms with Crippen LogP contribution in [0, 0.1) is 0 Å². The van der Waals surface area contributed by atoms with E-state index in [1.165, 1.54) is 6.26 Å². The Balaban J connectivity index is 2.55. The highest BCUT2D eigenvalue weighted by molar-refractivity contribution is 7.84. The zero-order valence-corrected chi connectivity index (χ0v) is 6.63. The molecule has 11 heavy (non-hydrogen) atoms. The fourth-order valence-electron chi connectivity index (χ4n) is 0.751. The molecule has 1 aliphatic heterocycles. The summed E-state index contributed by atoms with van der Waals surface area (Å²) < 4.78 is 29.9. The molecule has 0 bridgehead atoms. The highest BCUT2D eigenvalue weighted by atomic mass is 32.2. The Morgan fingerprint density at radius 3 is 2.82 bits per heavy atom. The Bertz CT molecular complexity index is 256. The van der Waals surface area contributed by atoms with Gasteiger partial charge >= 0.3 is 10.3 Å². The first-order chi connectivity index (χ1) is 5.08. The van der Waals surface area contributed by atoms with Crippen LogP contribution in [0.25, 0.3) is 0 Å². The van der Waals surface area contributed by atoms with Crippen LogP contribution in [-0.4, -0.2) is 15.0 Å². The van der Waals surface area contributed by atoms with E-state index in [9.17, 15) is 8.42 Å². The number of hydrogen-bond donors (Lipinski definition) is 1. The Morgan fingerprint density at radius 1 is 1.64 bits per heavy atom. The predicted molar refractivity (Wildman–Crippen MR) is 37.5 cm³/mol. The topological polar surface area (TPSA) is 78.6 Å². The first-order valence-corrected chi connectivity index (χ1v) is 4.58. The van der Waals surface area contributed by atoms with Crippen molar-refractivity contribution in [2.75, 3.05) is 6.61 Å². The third-order valence-corrected chi connectivity index (χ3v) is 1.57. The van der Waals surface area contributed by atoms with Crippen LogP contribution in [-0.2, 0) is 19.2 Å². The quantitative estimate of drug-likeness (QED) is 0.639. The van der Waals surface area contributed by atoms with Gasteiger partial charge in [-0.05, 0) is 6.42 Å². The standard InChI is InChI=1S/C5H9NO4S/c6-11(7,8)10-5-2-1-3-9-4-5/h4H,1-3H2,(H2,6,7,8). The Morgan fingerprint density at radius 2 is 2.36 bits per heavy atom. The number of ether oxygens (including phenoxy) is 1. The summed E-state index contributed by atoms with van der Waals surface area (Å²) in [5.74, 6) is 0.263. The molecule has 0 aromatic carbocycles. The molecule has 2 N–H and O–H groups in total. The molecule has 0 saturated carbocycles.